The molecular weight excluding hydrogens is 206 g/mol. The van der Waals surface area contributed by atoms with E-state index in [-0.39, 0.29) is 11.9 Å². The average Bonchev–Trinajstić information content (AvgIpc) is 2.83. The highest BCUT2D eigenvalue weighted by Crippen LogP contribution is 2.22. The molecule has 1 heterocycles. The van der Waals surface area contributed by atoms with Gasteiger partial charge in [0.15, 0.2) is 5.78 Å². The SMILES string of the molecule is CNCC(=O)c1ccc(C2COCO2)cc1. The Bertz CT molecular complexity index is 355. The molecule has 0 saturated carbocycles. The van der Waals surface area contributed by atoms with Crippen molar-refractivity contribution in [3.63, 3.8) is 0 Å². The maximum absolute atomic E-state index is 11.6. The van der Waals surface area contributed by atoms with Crippen LogP contribution in [0.25, 0.3) is 0 Å². The highest BCUT2D eigenvalue weighted by Gasteiger charge is 2.18. The largest absolute Gasteiger partial charge is 0.352 e. The molecule has 1 aromatic carbocycles. The summed E-state index contributed by atoms with van der Waals surface area (Å²) in [4.78, 5) is 11.6. The van der Waals surface area contributed by atoms with E-state index in [0.29, 0.717) is 19.9 Å². The minimum atomic E-state index is 0.00783. The van der Waals surface area contributed by atoms with Gasteiger partial charge in [0.05, 0.1) is 13.2 Å². The van der Waals surface area contributed by atoms with Crippen LogP contribution in [-0.2, 0) is 9.47 Å². The normalized spacial score (nSPS) is 19.9. The van der Waals surface area contributed by atoms with Gasteiger partial charge in [0, 0.05) is 5.56 Å². The monoisotopic (exact) mass is 221 g/mol. The van der Waals surface area contributed by atoms with Crippen molar-refractivity contribution in [2.45, 2.75) is 6.10 Å². The van der Waals surface area contributed by atoms with Crippen LogP contribution in [0, 0.1) is 0 Å². The standard InChI is InChI=1S/C12H15NO3/c1-13-6-11(14)9-2-4-10(5-3-9)12-7-15-8-16-12/h2-5,12-13H,6-8H2,1H3. The maximum atomic E-state index is 11.6. The summed E-state index contributed by atoms with van der Waals surface area (Å²) in [5.41, 5.74) is 1.77. The zero-order valence-corrected chi connectivity index (χ0v) is 9.23. The molecule has 1 aliphatic rings. The number of Topliss-reactive ketones (excluding diaryl/α,β-unsaturated/α-hetero) is 1. The van der Waals surface area contributed by atoms with Gasteiger partial charge in [-0.05, 0) is 12.6 Å². The number of benzene rings is 1. The van der Waals surface area contributed by atoms with Crippen LogP contribution in [-0.4, -0.2) is 32.8 Å². The zero-order valence-electron chi connectivity index (χ0n) is 9.23. The summed E-state index contributed by atoms with van der Waals surface area (Å²) in [6.45, 7) is 1.30. The molecule has 1 aromatic rings. The second-order valence-electron chi connectivity index (χ2n) is 3.72. The van der Waals surface area contributed by atoms with Crippen LogP contribution in [0.15, 0.2) is 24.3 Å². The van der Waals surface area contributed by atoms with E-state index < -0.39 is 0 Å². The van der Waals surface area contributed by atoms with Gasteiger partial charge < -0.3 is 14.8 Å². The molecule has 1 unspecified atom stereocenters. The first kappa shape index (κ1) is 11.3. The Hall–Kier alpha value is -1.23. The van der Waals surface area contributed by atoms with Crippen molar-refractivity contribution in [1.82, 2.24) is 5.32 Å². The second-order valence-corrected chi connectivity index (χ2v) is 3.72. The van der Waals surface area contributed by atoms with Crippen molar-refractivity contribution in [3.8, 4) is 0 Å². The average molecular weight is 221 g/mol. The van der Waals surface area contributed by atoms with Crippen LogP contribution in [0.1, 0.15) is 22.0 Å². The number of ketones is 1. The zero-order chi connectivity index (χ0) is 11.4. The van der Waals surface area contributed by atoms with Gasteiger partial charge in [-0.3, -0.25) is 4.79 Å². The maximum Gasteiger partial charge on any atom is 0.176 e. The molecule has 0 amide bonds. The van der Waals surface area contributed by atoms with Gasteiger partial charge in [0.25, 0.3) is 0 Å². The molecule has 1 aliphatic heterocycles. The van der Waals surface area contributed by atoms with Crippen molar-refractivity contribution >= 4 is 5.78 Å². The number of carbonyl (C=O) groups excluding carboxylic acids is 1. The van der Waals surface area contributed by atoms with Gasteiger partial charge in [-0.25, -0.2) is 0 Å². The van der Waals surface area contributed by atoms with E-state index in [2.05, 4.69) is 5.32 Å². The summed E-state index contributed by atoms with van der Waals surface area (Å²) in [5.74, 6) is 0.0950. The Morgan fingerprint density at radius 1 is 1.44 bits per heavy atom. The molecule has 86 valence electrons. The van der Waals surface area contributed by atoms with Crippen LogP contribution >= 0.6 is 0 Å². The molecule has 4 nitrogen and oxygen atoms in total. The van der Waals surface area contributed by atoms with E-state index in [9.17, 15) is 4.79 Å². The summed E-state index contributed by atoms with van der Waals surface area (Å²) in [6.07, 6.45) is 0.00783. The first-order chi connectivity index (χ1) is 7.81. The number of rotatable bonds is 4. The topological polar surface area (TPSA) is 47.6 Å². The number of nitrogens with one attached hydrogen (secondary N) is 1. The first-order valence-corrected chi connectivity index (χ1v) is 5.28. The van der Waals surface area contributed by atoms with Gasteiger partial charge in [-0.1, -0.05) is 24.3 Å². The summed E-state index contributed by atoms with van der Waals surface area (Å²) in [5, 5.41) is 2.84. The molecule has 0 bridgehead atoms. The van der Waals surface area contributed by atoms with Crippen molar-refractivity contribution in [2.24, 2.45) is 0 Å². The summed E-state index contributed by atoms with van der Waals surface area (Å²) < 4.78 is 10.5. The second kappa shape index (κ2) is 5.21. The quantitative estimate of drug-likeness (QED) is 0.774. The smallest absolute Gasteiger partial charge is 0.176 e. The highest BCUT2D eigenvalue weighted by atomic mass is 16.7. The number of hydrogen-bond acceptors (Lipinski definition) is 4. The Balaban J connectivity index is 2.06. The van der Waals surface area contributed by atoms with E-state index in [1.807, 2.05) is 24.3 Å². The fraction of sp³-hybridized carbons (Fsp3) is 0.417. The molecule has 0 aliphatic carbocycles. The lowest BCUT2D eigenvalue weighted by Crippen LogP contribution is -2.18. The molecule has 0 spiro atoms. The van der Waals surface area contributed by atoms with Crippen molar-refractivity contribution < 1.29 is 14.3 Å². The van der Waals surface area contributed by atoms with E-state index in [0.717, 1.165) is 11.1 Å². The minimum absolute atomic E-state index is 0.00783. The summed E-state index contributed by atoms with van der Waals surface area (Å²) >= 11 is 0. The Labute approximate surface area is 94.6 Å². The Morgan fingerprint density at radius 2 is 2.19 bits per heavy atom. The third-order valence-electron chi connectivity index (χ3n) is 2.56. The van der Waals surface area contributed by atoms with E-state index in [1.165, 1.54) is 0 Å². The van der Waals surface area contributed by atoms with Crippen molar-refractivity contribution in [3.05, 3.63) is 35.4 Å². The lowest BCUT2D eigenvalue weighted by Gasteiger charge is -2.08. The lowest BCUT2D eigenvalue weighted by molar-refractivity contribution is 0.0466. The Morgan fingerprint density at radius 3 is 2.75 bits per heavy atom. The third-order valence-corrected chi connectivity index (χ3v) is 2.56. The fourth-order valence-corrected chi connectivity index (χ4v) is 1.67. The number of likely N-dealkylation sites (N-methyl/N-ethyl adjacent to an activating group) is 1. The van der Waals surface area contributed by atoms with Crippen molar-refractivity contribution in [1.29, 1.82) is 0 Å². The molecule has 2 rings (SSSR count). The van der Waals surface area contributed by atoms with Crippen LogP contribution in [0.4, 0.5) is 0 Å². The molecule has 1 saturated heterocycles. The minimum Gasteiger partial charge on any atom is -0.352 e. The summed E-state index contributed by atoms with van der Waals surface area (Å²) in [6, 6.07) is 7.50. The lowest BCUT2D eigenvalue weighted by atomic mass is 10.1. The van der Waals surface area contributed by atoms with Crippen molar-refractivity contribution in [2.75, 3.05) is 27.0 Å². The number of carbonyl (C=O) groups is 1. The van der Waals surface area contributed by atoms with Crippen LogP contribution in [0.3, 0.4) is 0 Å². The molecule has 4 heteroatoms. The van der Waals surface area contributed by atoms with Gasteiger partial charge in [-0.15, -0.1) is 0 Å². The van der Waals surface area contributed by atoms with Crippen LogP contribution in [0.2, 0.25) is 0 Å². The van der Waals surface area contributed by atoms with E-state index in [4.69, 9.17) is 9.47 Å². The predicted molar refractivity (Wildman–Crippen MR) is 59.3 cm³/mol. The predicted octanol–water partition coefficient (Wildman–Crippen LogP) is 1.13. The van der Waals surface area contributed by atoms with Crippen LogP contribution in [0.5, 0.6) is 0 Å². The Kier molecular flexibility index (Phi) is 3.66. The van der Waals surface area contributed by atoms with Gasteiger partial charge in [0.2, 0.25) is 0 Å². The van der Waals surface area contributed by atoms with E-state index >= 15 is 0 Å². The highest BCUT2D eigenvalue weighted by molar-refractivity contribution is 5.97. The molecule has 1 fully saturated rings. The molecule has 1 N–H and O–H groups in total. The molecule has 16 heavy (non-hydrogen) atoms. The van der Waals surface area contributed by atoms with Gasteiger partial charge >= 0.3 is 0 Å². The fourth-order valence-electron chi connectivity index (χ4n) is 1.67. The van der Waals surface area contributed by atoms with Gasteiger partial charge in [-0.2, -0.15) is 0 Å². The number of ether oxygens (including phenoxy) is 2. The van der Waals surface area contributed by atoms with Gasteiger partial charge in [0.1, 0.15) is 12.9 Å². The summed E-state index contributed by atoms with van der Waals surface area (Å²) in [7, 11) is 1.76. The molecule has 0 aromatic heterocycles. The first-order valence-electron chi connectivity index (χ1n) is 5.28. The van der Waals surface area contributed by atoms with Crippen LogP contribution < -0.4 is 5.32 Å². The number of hydrogen-bond donors (Lipinski definition) is 1. The molecule has 1 atom stereocenters. The molecular formula is C12H15NO3. The van der Waals surface area contributed by atoms with E-state index in [1.54, 1.807) is 7.05 Å². The molecule has 0 radical (unpaired) electrons. The third kappa shape index (κ3) is 2.47.